The SMILES string of the molecule is CNC(=O)[C@@H](C)N(Cc1cccc(Br)c1)C(=O)Cc1ccc(Cl)c(Cl)c1. The Kier molecular flexibility index (Phi) is 7.50. The molecule has 0 spiro atoms. The summed E-state index contributed by atoms with van der Waals surface area (Å²) >= 11 is 15.4. The van der Waals surface area contributed by atoms with E-state index < -0.39 is 6.04 Å². The van der Waals surface area contributed by atoms with E-state index in [4.69, 9.17) is 23.2 Å². The maximum atomic E-state index is 12.9. The molecule has 26 heavy (non-hydrogen) atoms. The number of halogens is 3. The molecular weight excluding hydrogens is 439 g/mol. The van der Waals surface area contributed by atoms with Gasteiger partial charge in [0.2, 0.25) is 11.8 Å². The van der Waals surface area contributed by atoms with Crippen molar-refractivity contribution < 1.29 is 9.59 Å². The van der Waals surface area contributed by atoms with Crippen molar-refractivity contribution in [1.29, 1.82) is 0 Å². The Morgan fingerprint density at radius 1 is 1.12 bits per heavy atom. The van der Waals surface area contributed by atoms with Gasteiger partial charge in [0, 0.05) is 18.1 Å². The topological polar surface area (TPSA) is 49.4 Å². The molecule has 0 aliphatic heterocycles. The van der Waals surface area contributed by atoms with Crippen molar-refractivity contribution in [2.45, 2.75) is 25.9 Å². The molecule has 0 bridgehead atoms. The van der Waals surface area contributed by atoms with Crippen LogP contribution in [0.4, 0.5) is 0 Å². The van der Waals surface area contributed by atoms with Gasteiger partial charge in [0.25, 0.3) is 0 Å². The Morgan fingerprint density at radius 2 is 1.85 bits per heavy atom. The maximum Gasteiger partial charge on any atom is 0.242 e. The summed E-state index contributed by atoms with van der Waals surface area (Å²) in [6, 6.07) is 12.1. The quantitative estimate of drug-likeness (QED) is 0.695. The summed E-state index contributed by atoms with van der Waals surface area (Å²) in [6.07, 6.45) is 0.131. The summed E-state index contributed by atoms with van der Waals surface area (Å²) < 4.78 is 0.916. The van der Waals surface area contributed by atoms with E-state index >= 15 is 0 Å². The molecule has 2 rings (SSSR count). The van der Waals surface area contributed by atoms with Crippen LogP contribution in [0.25, 0.3) is 0 Å². The number of rotatable bonds is 6. The van der Waals surface area contributed by atoms with Gasteiger partial charge in [-0.3, -0.25) is 9.59 Å². The van der Waals surface area contributed by atoms with E-state index in [-0.39, 0.29) is 18.2 Å². The Hall–Kier alpha value is -1.56. The van der Waals surface area contributed by atoms with E-state index in [1.165, 1.54) is 0 Å². The molecule has 0 aliphatic carbocycles. The van der Waals surface area contributed by atoms with Gasteiger partial charge in [-0.15, -0.1) is 0 Å². The fraction of sp³-hybridized carbons (Fsp3) is 0.263. The molecule has 0 unspecified atom stereocenters. The van der Waals surface area contributed by atoms with Crippen LogP contribution in [-0.2, 0) is 22.6 Å². The Morgan fingerprint density at radius 3 is 2.46 bits per heavy atom. The highest BCUT2D eigenvalue weighted by molar-refractivity contribution is 9.10. The van der Waals surface area contributed by atoms with Gasteiger partial charge in [-0.2, -0.15) is 0 Å². The van der Waals surface area contributed by atoms with Crippen LogP contribution < -0.4 is 5.32 Å². The van der Waals surface area contributed by atoms with E-state index in [2.05, 4.69) is 21.2 Å². The van der Waals surface area contributed by atoms with Gasteiger partial charge in [-0.25, -0.2) is 0 Å². The van der Waals surface area contributed by atoms with E-state index in [9.17, 15) is 9.59 Å². The number of nitrogens with zero attached hydrogens (tertiary/aromatic N) is 1. The lowest BCUT2D eigenvalue weighted by Gasteiger charge is -2.28. The minimum Gasteiger partial charge on any atom is -0.357 e. The third-order valence-corrected chi connectivity index (χ3v) is 5.23. The van der Waals surface area contributed by atoms with Crippen molar-refractivity contribution in [2.75, 3.05) is 7.05 Å². The number of carbonyl (C=O) groups excluding carboxylic acids is 2. The summed E-state index contributed by atoms with van der Waals surface area (Å²) in [5.41, 5.74) is 1.67. The van der Waals surface area contributed by atoms with Crippen LogP contribution in [0, 0.1) is 0 Å². The number of benzene rings is 2. The summed E-state index contributed by atoms with van der Waals surface area (Å²) in [5.74, 6) is -0.387. The van der Waals surface area contributed by atoms with Crippen LogP contribution >= 0.6 is 39.1 Å². The van der Waals surface area contributed by atoms with E-state index in [1.807, 2.05) is 24.3 Å². The largest absolute Gasteiger partial charge is 0.357 e. The highest BCUT2D eigenvalue weighted by atomic mass is 79.9. The van der Waals surface area contributed by atoms with Gasteiger partial charge in [-0.05, 0) is 42.3 Å². The molecule has 0 saturated carbocycles. The lowest BCUT2D eigenvalue weighted by molar-refractivity contribution is -0.139. The fourth-order valence-corrected chi connectivity index (χ4v) is 3.32. The molecule has 1 N–H and O–H groups in total. The molecule has 0 fully saturated rings. The second kappa shape index (κ2) is 9.40. The van der Waals surface area contributed by atoms with Crippen LogP contribution in [0.5, 0.6) is 0 Å². The van der Waals surface area contributed by atoms with Gasteiger partial charge in [-0.1, -0.05) is 57.3 Å². The van der Waals surface area contributed by atoms with Crippen molar-refractivity contribution in [3.63, 3.8) is 0 Å². The molecule has 0 aromatic heterocycles. The minimum absolute atomic E-state index is 0.131. The number of hydrogen-bond donors (Lipinski definition) is 1. The van der Waals surface area contributed by atoms with E-state index in [0.29, 0.717) is 16.6 Å². The molecule has 0 aliphatic rings. The van der Waals surface area contributed by atoms with Gasteiger partial charge >= 0.3 is 0 Å². The first-order chi connectivity index (χ1) is 12.3. The van der Waals surface area contributed by atoms with Gasteiger partial charge in [0.1, 0.15) is 6.04 Å². The highest BCUT2D eigenvalue weighted by Gasteiger charge is 2.25. The number of amides is 2. The summed E-state index contributed by atoms with van der Waals surface area (Å²) in [7, 11) is 1.56. The van der Waals surface area contributed by atoms with Crippen LogP contribution in [-0.4, -0.2) is 29.8 Å². The van der Waals surface area contributed by atoms with Crippen molar-refractivity contribution >= 4 is 50.9 Å². The van der Waals surface area contributed by atoms with Crippen LogP contribution in [0.2, 0.25) is 10.0 Å². The molecule has 2 aromatic carbocycles. The molecule has 4 nitrogen and oxygen atoms in total. The minimum atomic E-state index is -0.603. The maximum absolute atomic E-state index is 12.9. The second-order valence-electron chi connectivity index (χ2n) is 5.87. The summed E-state index contributed by atoms with van der Waals surface area (Å²) in [5, 5.41) is 3.43. The van der Waals surface area contributed by atoms with Crippen molar-refractivity contribution in [1.82, 2.24) is 10.2 Å². The van der Waals surface area contributed by atoms with Gasteiger partial charge in [0.15, 0.2) is 0 Å². The number of likely N-dealkylation sites (N-methyl/N-ethyl adjacent to an activating group) is 1. The van der Waals surface area contributed by atoms with Crippen molar-refractivity contribution in [3.05, 3.63) is 68.1 Å². The molecule has 2 amide bonds. The lowest BCUT2D eigenvalue weighted by Crippen LogP contribution is -2.47. The predicted octanol–water partition coefficient (Wildman–Crippen LogP) is 4.46. The zero-order chi connectivity index (χ0) is 19.3. The molecule has 138 valence electrons. The predicted molar refractivity (Wildman–Crippen MR) is 108 cm³/mol. The van der Waals surface area contributed by atoms with Gasteiger partial charge in [0.05, 0.1) is 16.5 Å². The zero-order valence-corrected chi connectivity index (χ0v) is 17.5. The molecule has 7 heteroatoms. The standard InChI is InChI=1S/C19H19BrCl2N2O2/c1-12(19(26)23-2)24(11-14-4-3-5-15(20)8-14)18(25)10-13-6-7-16(21)17(22)9-13/h3-9,12H,10-11H2,1-2H3,(H,23,26)/t12-/m1/s1. The average molecular weight is 458 g/mol. The first-order valence-electron chi connectivity index (χ1n) is 8.01. The zero-order valence-electron chi connectivity index (χ0n) is 14.4. The van der Waals surface area contributed by atoms with Crippen LogP contribution in [0.3, 0.4) is 0 Å². The lowest BCUT2D eigenvalue weighted by atomic mass is 10.1. The van der Waals surface area contributed by atoms with Crippen LogP contribution in [0.1, 0.15) is 18.1 Å². The Balaban J connectivity index is 2.25. The van der Waals surface area contributed by atoms with E-state index in [0.717, 1.165) is 15.6 Å². The molecule has 0 radical (unpaired) electrons. The van der Waals surface area contributed by atoms with Crippen molar-refractivity contribution in [3.8, 4) is 0 Å². The summed E-state index contributed by atoms with van der Waals surface area (Å²) in [6.45, 7) is 2.04. The molecule has 0 saturated heterocycles. The second-order valence-corrected chi connectivity index (χ2v) is 7.60. The normalized spacial score (nSPS) is 11.7. The first-order valence-corrected chi connectivity index (χ1v) is 9.56. The third-order valence-electron chi connectivity index (χ3n) is 4.00. The molecule has 1 atom stereocenters. The van der Waals surface area contributed by atoms with E-state index in [1.54, 1.807) is 37.1 Å². The molecule has 0 heterocycles. The van der Waals surface area contributed by atoms with Gasteiger partial charge < -0.3 is 10.2 Å². The van der Waals surface area contributed by atoms with Crippen LogP contribution in [0.15, 0.2) is 46.9 Å². The number of hydrogen-bond acceptors (Lipinski definition) is 2. The monoisotopic (exact) mass is 456 g/mol. The number of carbonyl (C=O) groups is 2. The summed E-state index contributed by atoms with van der Waals surface area (Å²) in [4.78, 5) is 26.6. The Bertz CT molecular complexity index is 814. The third kappa shape index (κ3) is 5.47. The Labute approximate surface area is 171 Å². The highest BCUT2D eigenvalue weighted by Crippen LogP contribution is 2.23. The smallest absolute Gasteiger partial charge is 0.242 e. The molecular formula is C19H19BrCl2N2O2. The fourth-order valence-electron chi connectivity index (χ4n) is 2.55. The average Bonchev–Trinajstić information content (AvgIpc) is 2.61. The van der Waals surface area contributed by atoms with Crippen molar-refractivity contribution in [2.24, 2.45) is 0 Å². The first kappa shape index (κ1) is 20.7. The number of nitrogens with one attached hydrogen (secondary N) is 1. The molecule has 2 aromatic rings.